The van der Waals surface area contributed by atoms with Crippen LogP contribution >= 0.6 is 12.2 Å². The summed E-state index contributed by atoms with van der Waals surface area (Å²) in [6.07, 6.45) is 1.52. The molecule has 0 bridgehead atoms. The third kappa shape index (κ3) is 7.52. The molecule has 0 radical (unpaired) electrons. The van der Waals surface area contributed by atoms with E-state index in [0.29, 0.717) is 11.7 Å². The number of rotatable bonds is 7. The molecule has 0 spiro atoms. The summed E-state index contributed by atoms with van der Waals surface area (Å²) in [7, 11) is 1.61. The molecule has 2 N–H and O–H groups in total. The van der Waals surface area contributed by atoms with Crippen molar-refractivity contribution < 1.29 is 18.3 Å². The average Bonchev–Trinajstić information content (AvgIpc) is 2.40. The lowest BCUT2D eigenvalue weighted by molar-refractivity contribution is -0.0498. The molecule has 0 fully saturated rings. The molecule has 0 aliphatic carbocycles. The molecule has 1 aromatic carbocycles. The Morgan fingerprint density at radius 3 is 2.62 bits per heavy atom. The largest absolute Gasteiger partial charge is 0.435 e. The van der Waals surface area contributed by atoms with Gasteiger partial charge in [0.1, 0.15) is 5.75 Å². The number of alkyl halides is 2. The van der Waals surface area contributed by atoms with E-state index in [9.17, 15) is 8.78 Å². The van der Waals surface area contributed by atoms with Crippen molar-refractivity contribution in [2.45, 2.75) is 19.6 Å². The van der Waals surface area contributed by atoms with Gasteiger partial charge in [-0.15, -0.1) is 0 Å². The van der Waals surface area contributed by atoms with Gasteiger partial charge >= 0.3 is 6.61 Å². The first-order chi connectivity index (χ1) is 10.0. The summed E-state index contributed by atoms with van der Waals surface area (Å²) in [6.45, 7) is -0.385. The summed E-state index contributed by atoms with van der Waals surface area (Å²) in [5.74, 6) is 0.0979. The van der Waals surface area contributed by atoms with Gasteiger partial charge in [-0.05, 0) is 49.0 Å². The Bertz CT molecular complexity index is 469. The minimum Gasteiger partial charge on any atom is -0.435 e. The van der Waals surface area contributed by atoms with E-state index in [2.05, 4.69) is 20.6 Å². The molecule has 0 amide bonds. The zero-order valence-electron chi connectivity index (χ0n) is 11.7. The van der Waals surface area contributed by atoms with Gasteiger partial charge in [0.25, 0.3) is 0 Å². The Morgan fingerprint density at radius 1 is 1.38 bits per heavy atom. The second-order valence-electron chi connectivity index (χ2n) is 4.15. The normalized spacial score (nSPS) is 12.4. The van der Waals surface area contributed by atoms with Crippen molar-refractivity contribution in [3.63, 3.8) is 0 Å². The van der Waals surface area contributed by atoms with Gasteiger partial charge in [0, 0.05) is 13.2 Å². The third-order valence-corrected chi connectivity index (χ3v) is 2.49. The Kier molecular flexibility index (Phi) is 7.55. The Balaban J connectivity index is 2.40. The zero-order chi connectivity index (χ0) is 15.7. The van der Waals surface area contributed by atoms with Crippen LogP contribution in [0.3, 0.4) is 0 Å². The van der Waals surface area contributed by atoms with Crippen molar-refractivity contribution >= 4 is 23.5 Å². The fraction of sp³-hybridized carbons (Fsp3) is 0.385. The molecular formula is C13H17F2N3O2S. The minimum atomic E-state index is -2.83. The van der Waals surface area contributed by atoms with Crippen molar-refractivity contribution in [2.75, 3.05) is 13.7 Å². The molecule has 5 nitrogen and oxygen atoms in total. The van der Waals surface area contributed by atoms with E-state index < -0.39 is 6.61 Å². The van der Waals surface area contributed by atoms with Crippen molar-refractivity contribution in [1.82, 2.24) is 10.7 Å². The summed E-state index contributed by atoms with van der Waals surface area (Å²) < 4.78 is 33.2. The van der Waals surface area contributed by atoms with E-state index in [0.717, 1.165) is 5.56 Å². The Morgan fingerprint density at radius 2 is 2.05 bits per heavy atom. The first-order valence-corrected chi connectivity index (χ1v) is 6.55. The van der Waals surface area contributed by atoms with Crippen LogP contribution in [0.5, 0.6) is 5.75 Å². The number of benzene rings is 1. The number of hydrogen-bond donors (Lipinski definition) is 2. The lowest BCUT2D eigenvalue weighted by Crippen LogP contribution is -2.40. The predicted molar refractivity (Wildman–Crippen MR) is 80.9 cm³/mol. The average molecular weight is 317 g/mol. The highest BCUT2D eigenvalue weighted by molar-refractivity contribution is 7.80. The van der Waals surface area contributed by atoms with Crippen LogP contribution in [0.2, 0.25) is 0 Å². The minimum absolute atomic E-state index is 0.0657. The van der Waals surface area contributed by atoms with Gasteiger partial charge in [-0.25, -0.2) is 0 Å². The number of thiocarbonyl (C=S) groups is 1. The van der Waals surface area contributed by atoms with Crippen LogP contribution in [0.15, 0.2) is 29.4 Å². The smallest absolute Gasteiger partial charge is 0.387 e. The van der Waals surface area contributed by atoms with Gasteiger partial charge in [-0.3, -0.25) is 5.43 Å². The number of nitrogens with one attached hydrogen (secondary N) is 2. The molecule has 21 heavy (non-hydrogen) atoms. The second-order valence-corrected chi connectivity index (χ2v) is 4.56. The van der Waals surface area contributed by atoms with Gasteiger partial charge < -0.3 is 14.8 Å². The van der Waals surface area contributed by atoms with E-state index in [1.54, 1.807) is 19.2 Å². The Labute approximate surface area is 127 Å². The summed E-state index contributed by atoms with van der Waals surface area (Å²) in [4.78, 5) is 0. The van der Waals surface area contributed by atoms with Crippen LogP contribution in [0, 0.1) is 0 Å². The van der Waals surface area contributed by atoms with Gasteiger partial charge in [-0.2, -0.15) is 13.9 Å². The molecule has 0 aromatic heterocycles. The van der Waals surface area contributed by atoms with Crippen LogP contribution in [-0.4, -0.2) is 37.7 Å². The van der Waals surface area contributed by atoms with Crippen LogP contribution in [0.4, 0.5) is 8.78 Å². The highest BCUT2D eigenvalue weighted by Crippen LogP contribution is 2.13. The zero-order valence-corrected chi connectivity index (χ0v) is 12.5. The van der Waals surface area contributed by atoms with Crippen molar-refractivity contribution in [3.8, 4) is 5.75 Å². The number of halogens is 2. The summed E-state index contributed by atoms with van der Waals surface area (Å²) in [6, 6.07) is 6.14. The van der Waals surface area contributed by atoms with Crippen LogP contribution in [0.25, 0.3) is 0 Å². The van der Waals surface area contributed by atoms with Crippen molar-refractivity contribution in [3.05, 3.63) is 29.8 Å². The third-order valence-electron chi connectivity index (χ3n) is 2.28. The summed E-state index contributed by atoms with van der Waals surface area (Å²) >= 11 is 5.03. The number of hydrazone groups is 1. The lowest BCUT2D eigenvalue weighted by Gasteiger charge is -2.13. The fourth-order valence-corrected chi connectivity index (χ4v) is 1.70. The molecule has 0 saturated carbocycles. The maximum Gasteiger partial charge on any atom is 0.387 e. The van der Waals surface area contributed by atoms with Crippen molar-refractivity contribution in [2.24, 2.45) is 5.10 Å². The van der Waals surface area contributed by atoms with Crippen LogP contribution in [-0.2, 0) is 4.74 Å². The van der Waals surface area contributed by atoms with Crippen LogP contribution < -0.4 is 15.5 Å². The molecule has 1 aromatic rings. The fourth-order valence-electron chi connectivity index (χ4n) is 1.45. The second kappa shape index (κ2) is 9.19. The maximum absolute atomic E-state index is 12.0. The van der Waals surface area contributed by atoms with E-state index >= 15 is 0 Å². The molecule has 116 valence electrons. The molecule has 8 heteroatoms. The monoisotopic (exact) mass is 317 g/mol. The quantitative estimate of drug-likeness (QED) is 0.458. The maximum atomic E-state index is 12.0. The highest BCUT2D eigenvalue weighted by atomic mass is 32.1. The van der Waals surface area contributed by atoms with E-state index in [-0.39, 0.29) is 11.8 Å². The number of methoxy groups -OCH3 is 1. The molecular weight excluding hydrogens is 300 g/mol. The van der Waals surface area contributed by atoms with Gasteiger partial charge in [0.2, 0.25) is 0 Å². The standard InChI is InChI=1S/C13H17F2N3O2S/c1-9(8-19-2)17-13(21)18-16-7-10-3-5-11(6-4-10)20-12(14)15/h3-7,9,12H,8H2,1-2H3,(H2,17,18,21)/b16-7-/t9-/m0/s1. The molecule has 0 heterocycles. The number of ether oxygens (including phenoxy) is 2. The summed E-state index contributed by atoms with van der Waals surface area (Å²) in [5, 5.41) is 7.28. The van der Waals surface area contributed by atoms with Gasteiger partial charge in [-0.1, -0.05) is 0 Å². The molecule has 1 atom stereocenters. The van der Waals surface area contributed by atoms with Crippen molar-refractivity contribution in [1.29, 1.82) is 0 Å². The topological polar surface area (TPSA) is 54.9 Å². The van der Waals surface area contributed by atoms with E-state index in [4.69, 9.17) is 17.0 Å². The number of hydrogen-bond acceptors (Lipinski definition) is 4. The molecule has 0 aliphatic heterocycles. The lowest BCUT2D eigenvalue weighted by atomic mass is 10.2. The van der Waals surface area contributed by atoms with Gasteiger partial charge in [0.15, 0.2) is 5.11 Å². The molecule has 0 saturated heterocycles. The number of nitrogens with zero attached hydrogens (tertiary/aromatic N) is 1. The molecule has 0 aliphatic rings. The van der Waals surface area contributed by atoms with Gasteiger partial charge in [0.05, 0.1) is 12.8 Å². The first kappa shape index (κ1) is 17.3. The summed E-state index contributed by atoms with van der Waals surface area (Å²) in [5.41, 5.74) is 3.37. The van der Waals surface area contributed by atoms with Crippen LogP contribution in [0.1, 0.15) is 12.5 Å². The SMILES string of the molecule is COC[C@H](C)NC(=S)N/N=C\c1ccc(OC(F)F)cc1. The Hall–Kier alpha value is -1.80. The van der Waals surface area contributed by atoms with E-state index in [1.807, 2.05) is 6.92 Å². The molecule has 1 rings (SSSR count). The molecule has 0 unspecified atom stereocenters. The first-order valence-electron chi connectivity index (χ1n) is 6.14. The highest BCUT2D eigenvalue weighted by Gasteiger charge is 2.03. The van der Waals surface area contributed by atoms with E-state index in [1.165, 1.54) is 18.3 Å². The predicted octanol–water partition coefficient (Wildman–Crippen LogP) is 2.12.